The van der Waals surface area contributed by atoms with Gasteiger partial charge in [0.1, 0.15) is 0 Å². The molecule has 0 saturated carbocycles. The monoisotopic (exact) mass is 425 g/mol. The molecule has 0 spiro atoms. The summed E-state index contributed by atoms with van der Waals surface area (Å²) in [6.45, 7) is 7.93. The number of rotatable bonds is 8. The van der Waals surface area contributed by atoms with E-state index in [1.165, 1.54) is 34.5 Å². The van der Waals surface area contributed by atoms with E-state index in [0.717, 1.165) is 58.4 Å². The van der Waals surface area contributed by atoms with Gasteiger partial charge in [-0.25, -0.2) is 0 Å². The second-order valence-electron chi connectivity index (χ2n) is 8.71. The third kappa shape index (κ3) is 5.44. The number of carbonyl (C=O) groups is 1. The summed E-state index contributed by atoms with van der Waals surface area (Å²) in [5.74, 6) is 0.219. The zero-order chi connectivity index (χ0) is 20.8. The highest BCUT2D eigenvalue weighted by atomic mass is 32.1. The average molecular weight is 426 g/mol. The fourth-order valence-corrected chi connectivity index (χ4v) is 5.61. The van der Waals surface area contributed by atoms with Crippen LogP contribution < -0.4 is 10.2 Å². The van der Waals surface area contributed by atoms with Crippen molar-refractivity contribution in [3.8, 4) is 0 Å². The average Bonchev–Trinajstić information content (AvgIpc) is 3.20. The molecular formula is C25H35N3OS. The number of anilines is 1. The van der Waals surface area contributed by atoms with Gasteiger partial charge in [-0.15, -0.1) is 11.3 Å². The van der Waals surface area contributed by atoms with Crippen LogP contribution in [0.25, 0.3) is 0 Å². The fraction of sp³-hybridized carbons (Fsp3) is 0.560. The van der Waals surface area contributed by atoms with Gasteiger partial charge in [0, 0.05) is 37.5 Å². The number of nitrogens with one attached hydrogen (secondary N) is 1. The molecule has 5 heteroatoms. The number of hydrogen-bond acceptors (Lipinski definition) is 4. The minimum Gasteiger partial charge on any atom is -0.368 e. The maximum Gasteiger partial charge on any atom is 0.220 e. The standard InChI is InChI=1S/C25H35N3OS/c1-20-24(13-19-30-20)28-17-15-27(16-18-28)14-6-2-3-12-25(29)26-23-11-7-9-21-8-4-5-10-22(21)23/h4-5,8,10,13,19,23H,2-3,6-7,9,11-12,14-18H2,1H3,(H,26,29). The topological polar surface area (TPSA) is 35.6 Å². The van der Waals surface area contributed by atoms with Crippen LogP contribution in [-0.2, 0) is 11.2 Å². The Morgan fingerprint density at radius 3 is 2.73 bits per heavy atom. The summed E-state index contributed by atoms with van der Waals surface area (Å²) >= 11 is 1.84. The summed E-state index contributed by atoms with van der Waals surface area (Å²) in [5.41, 5.74) is 4.16. The first-order valence-corrected chi connectivity index (χ1v) is 12.5. The van der Waals surface area contributed by atoms with Gasteiger partial charge >= 0.3 is 0 Å². The van der Waals surface area contributed by atoms with E-state index in [1.54, 1.807) is 0 Å². The highest BCUT2D eigenvalue weighted by Gasteiger charge is 2.21. The number of aryl methyl sites for hydroxylation is 2. The number of fused-ring (bicyclic) bond motifs is 1. The molecule has 1 aliphatic heterocycles. The number of piperazine rings is 1. The van der Waals surface area contributed by atoms with Gasteiger partial charge in [0.05, 0.1) is 11.7 Å². The number of hydrogen-bond donors (Lipinski definition) is 1. The summed E-state index contributed by atoms with van der Waals surface area (Å²) in [7, 11) is 0. The van der Waals surface area contributed by atoms with Gasteiger partial charge in [0.25, 0.3) is 0 Å². The van der Waals surface area contributed by atoms with Crippen LogP contribution in [0.1, 0.15) is 60.6 Å². The molecule has 4 nitrogen and oxygen atoms in total. The van der Waals surface area contributed by atoms with E-state index in [9.17, 15) is 4.79 Å². The molecule has 1 aliphatic carbocycles. The van der Waals surface area contributed by atoms with Gasteiger partial charge in [-0.2, -0.15) is 0 Å². The third-order valence-corrected chi connectivity index (χ3v) is 7.46. The van der Waals surface area contributed by atoms with Crippen LogP contribution in [-0.4, -0.2) is 43.5 Å². The maximum atomic E-state index is 12.4. The first kappa shape index (κ1) is 21.4. The Hall–Kier alpha value is -1.85. The molecule has 2 heterocycles. The molecule has 1 aromatic carbocycles. The molecular weight excluding hydrogens is 390 g/mol. The van der Waals surface area contributed by atoms with Crippen molar-refractivity contribution in [2.45, 2.75) is 57.9 Å². The molecule has 1 saturated heterocycles. The van der Waals surface area contributed by atoms with Crippen molar-refractivity contribution >= 4 is 22.9 Å². The Morgan fingerprint density at radius 1 is 1.10 bits per heavy atom. The highest BCUT2D eigenvalue weighted by molar-refractivity contribution is 7.10. The van der Waals surface area contributed by atoms with Crippen LogP contribution in [0.3, 0.4) is 0 Å². The largest absolute Gasteiger partial charge is 0.368 e. The predicted octanol–water partition coefficient (Wildman–Crippen LogP) is 4.93. The van der Waals surface area contributed by atoms with Gasteiger partial charge in [-0.3, -0.25) is 9.69 Å². The lowest BCUT2D eigenvalue weighted by Gasteiger charge is -2.36. The van der Waals surface area contributed by atoms with Gasteiger partial charge in [0.2, 0.25) is 5.91 Å². The van der Waals surface area contributed by atoms with Gasteiger partial charge in [0.15, 0.2) is 0 Å². The second kappa shape index (κ2) is 10.5. The zero-order valence-corrected chi connectivity index (χ0v) is 19.1. The van der Waals surface area contributed by atoms with E-state index in [2.05, 4.69) is 57.8 Å². The van der Waals surface area contributed by atoms with Crippen LogP contribution in [0.2, 0.25) is 0 Å². The van der Waals surface area contributed by atoms with Crippen molar-refractivity contribution in [1.82, 2.24) is 10.2 Å². The minimum atomic E-state index is 0.214. The normalized spacial score (nSPS) is 19.5. The molecule has 1 N–H and O–H groups in total. The van der Waals surface area contributed by atoms with Crippen LogP contribution in [0.4, 0.5) is 5.69 Å². The third-order valence-electron chi connectivity index (χ3n) is 6.63. The number of carbonyl (C=O) groups excluding carboxylic acids is 1. The first-order valence-electron chi connectivity index (χ1n) is 11.6. The van der Waals surface area contributed by atoms with Crippen LogP contribution >= 0.6 is 11.3 Å². The van der Waals surface area contributed by atoms with Crippen molar-refractivity contribution in [2.24, 2.45) is 0 Å². The SMILES string of the molecule is Cc1sccc1N1CCN(CCCCCC(=O)NC2CCCc3ccccc32)CC1. The molecule has 2 aromatic rings. The molecule has 1 unspecified atom stereocenters. The molecule has 0 bridgehead atoms. The smallest absolute Gasteiger partial charge is 0.220 e. The zero-order valence-electron chi connectivity index (χ0n) is 18.2. The number of benzene rings is 1. The number of thiophene rings is 1. The van der Waals surface area contributed by atoms with Crippen molar-refractivity contribution < 1.29 is 4.79 Å². The molecule has 4 rings (SSSR count). The lowest BCUT2D eigenvalue weighted by molar-refractivity contribution is -0.122. The Bertz CT molecular complexity index is 825. The van der Waals surface area contributed by atoms with E-state index < -0.39 is 0 Å². The summed E-state index contributed by atoms with van der Waals surface area (Å²) in [6.07, 6.45) is 7.36. The van der Waals surface area contributed by atoms with Crippen LogP contribution in [0, 0.1) is 6.92 Å². The van der Waals surface area contributed by atoms with Crippen molar-refractivity contribution in [2.75, 3.05) is 37.6 Å². The molecule has 1 aromatic heterocycles. The molecule has 2 aliphatic rings. The van der Waals surface area contributed by atoms with E-state index in [1.807, 2.05) is 11.3 Å². The summed E-state index contributed by atoms with van der Waals surface area (Å²) in [5, 5.41) is 5.48. The van der Waals surface area contributed by atoms with E-state index >= 15 is 0 Å². The minimum absolute atomic E-state index is 0.214. The molecule has 1 atom stereocenters. The maximum absolute atomic E-state index is 12.4. The summed E-state index contributed by atoms with van der Waals surface area (Å²) < 4.78 is 0. The summed E-state index contributed by atoms with van der Waals surface area (Å²) in [4.78, 5) is 19.0. The Morgan fingerprint density at radius 2 is 1.93 bits per heavy atom. The number of unbranched alkanes of at least 4 members (excludes halogenated alkanes) is 2. The van der Waals surface area contributed by atoms with Crippen molar-refractivity contribution in [3.05, 3.63) is 51.7 Å². The molecule has 30 heavy (non-hydrogen) atoms. The Balaban J connectivity index is 1.10. The summed E-state index contributed by atoms with van der Waals surface area (Å²) in [6, 6.07) is 11.0. The van der Waals surface area contributed by atoms with Crippen molar-refractivity contribution in [1.29, 1.82) is 0 Å². The lowest BCUT2D eigenvalue weighted by atomic mass is 9.87. The number of amides is 1. The molecule has 162 valence electrons. The fourth-order valence-electron chi connectivity index (χ4n) is 4.89. The Kier molecular flexibility index (Phi) is 7.45. The quantitative estimate of drug-likeness (QED) is 0.609. The van der Waals surface area contributed by atoms with Gasteiger partial charge < -0.3 is 10.2 Å². The Labute approximate surface area is 185 Å². The van der Waals surface area contributed by atoms with Gasteiger partial charge in [-0.1, -0.05) is 30.7 Å². The van der Waals surface area contributed by atoms with E-state index in [0.29, 0.717) is 6.42 Å². The lowest BCUT2D eigenvalue weighted by Crippen LogP contribution is -2.46. The molecule has 0 radical (unpaired) electrons. The highest BCUT2D eigenvalue weighted by Crippen LogP contribution is 2.29. The van der Waals surface area contributed by atoms with Gasteiger partial charge in [-0.05, 0) is 68.1 Å². The first-order chi connectivity index (χ1) is 14.7. The molecule has 1 amide bonds. The van der Waals surface area contributed by atoms with E-state index in [-0.39, 0.29) is 11.9 Å². The number of nitrogens with zero attached hydrogens (tertiary/aromatic N) is 2. The van der Waals surface area contributed by atoms with E-state index in [4.69, 9.17) is 0 Å². The molecule has 1 fully saturated rings. The van der Waals surface area contributed by atoms with Crippen molar-refractivity contribution in [3.63, 3.8) is 0 Å². The second-order valence-corrected chi connectivity index (χ2v) is 9.83. The predicted molar refractivity (Wildman–Crippen MR) is 126 cm³/mol. The van der Waals surface area contributed by atoms with Crippen LogP contribution in [0.15, 0.2) is 35.7 Å². The van der Waals surface area contributed by atoms with Crippen LogP contribution in [0.5, 0.6) is 0 Å².